The maximum absolute atomic E-state index is 11.8. The fraction of sp³-hybridized carbons (Fsp3) is 0.417. The minimum absolute atomic E-state index is 0.0604. The van der Waals surface area contributed by atoms with Crippen molar-refractivity contribution in [2.75, 3.05) is 5.73 Å². The average molecular weight is 203 g/mol. The number of carbonyl (C=O) groups excluding carboxylic acids is 1. The summed E-state index contributed by atoms with van der Waals surface area (Å²) in [6.07, 6.45) is 3.09. The Labute approximate surface area is 88.2 Å². The molecule has 0 saturated heterocycles. The molecule has 0 amide bonds. The molecule has 3 heteroatoms. The van der Waals surface area contributed by atoms with Crippen LogP contribution < -0.4 is 10.5 Å². The van der Waals surface area contributed by atoms with E-state index in [0.717, 1.165) is 25.2 Å². The van der Waals surface area contributed by atoms with Crippen LogP contribution in [0.5, 0.6) is 5.75 Å². The van der Waals surface area contributed by atoms with Crippen LogP contribution in [0.1, 0.15) is 19.3 Å². The first-order valence-electron chi connectivity index (χ1n) is 5.26. The molecule has 0 radical (unpaired) electrons. The molecule has 0 heterocycles. The number of rotatable bonds is 2. The van der Waals surface area contributed by atoms with E-state index < -0.39 is 0 Å². The molecule has 3 nitrogen and oxygen atoms in total. The molecule has 0 atom stereocenters. The van der Waals surface area contributed by atoms with Gasteiger partial charge in [-0.15, -0.1) is 0 Å². The fourth-order valence-corrected chi connectivity index (χ4v) is 2.48. The number of nitrogens with two attached hydrogens (primary N) is 1. The van der Waals surface area contributed by atoms with Crippen LogP contribution in [-0.2, 0) is 4.79 Å². The van der Waals surface area contributed by atoms with E-state index in [2.05, 4.69) is 0 Å². The topological polar surface area (TPSA) is 52.3 Å². The van der Waals surface area contributed by atoms with Crippen molar-refractivity contribution in [1.29, 1.82) is 0 Å². The molecule has 3 fully saturated rings. The van der Waals surface area contributed by atoms with Crippen molar-refractivity contribution in [2.24, 2.45) is 11.3 Å². The predicted octanol–water partition coefficient (Wildman–Crippen LogP) is 1.97. The Morgan fingerprint density at radius 1 is 1.27 bits per heavy atom. The first-order valence-corrected chi connectivity index (χ1v) is 5.26. The van der Waals surface area contributed by atoms with Crippen molar-refractivity contribution in [3.8, 4) is 5.75 Å². The summed E-state index contributed by atoms with van der Waals surface area (Å²) >= 11 is 0. The van der Waals surface area contributed by atoms with Gasteiger partial charge in [0.15, 0.2) is 0 Å². The fourth-order valence-electron chi connectivity index (χ4n) is 2.48. The number of benzene rings is 1. The lowest BCUT2D eigenvalue weighted by Crippen LogP contribution is -2.58. The quantitative estimate of drug-likeness (QED) is 0.454. The second-order valence-electron chi connectivity index (χ2n) is 4.72. The second-order valence-corrected chi connectivity index (χ2v) is 4.72. The zero-order valence-electron chi connectivity index (χ0n) is 8.40. The molecule has 2 bridgehead atoms. The van der Waals surface area contributed by atoms with E-state index in [9.17, 15) is 4.79 Å². The third-order valence-corrected chi connectivity index (χ3v) is 3.56. The van der Waals surface area contributed by atoms with Gasteiger partial charge in [-0.2, -0.15) is 0 Å². The maximum atomic E-state index is 11.8. The van der Waals surface area contributed by atoms with E-state index in [4.69, 9.17) is 10.5 Å². The minimum Gasteiger partial charge on any atom is -0.426 e. The molecule has 1 aromatic carbocycles. The van der Waals surface area contributed by atoms with Crippen molar-refractivity contribution in [1.82, 2.24) is 0 Å². The molecular formula is C12H13NO2. The van der Waals surface area contributed by atoms with Crippen LogP contribution in [-0.4, -0.2) is 5.97 Å². The molecule has 0 spiro atoms. The lowest BCUT2D eigenvalue weighted by molar-refractivity contribution is -0.181. The second kappa shape index (κ2) is 2.75. The highest BCUT2D eigenvalue weighted by atomic mass is 16.5. The van der Waals surface area contributed by atoms with Crippen LogP contribution in [0.3, 0.4) is 0 Å². The average Bonchev–Trinajstić information content (AvgIpc) is 2.03. The zero-order valence-corrected chi connectivity index (χ0v) is 8.40. The zero-order chi connectivity index (χ0) is 10.5. The number of carbonyl (C=O) groups is 1. The summed E-state index contributed by atoms with van der Waals surface area (Å²) in [5, 5.41) is 0. The van der Waals surface area contributed by atoms with Crippen molar-refractivity contribution in [3.63, 3.8) is 0 Å². The third kappa shape index (κ3) is 1.23. The van der Waals surface area contributed by atoms with E-state index in [1.807, 2.05) is 0 Å². The predicted molar refractivity (Wildman–Crippen MR) is 56.3 cm³/mol. The van der Waals surface area contributed by atoms with Crippen LogP contribution >= 0.6 is 0 Å². The summed E-state index contributed by atoms with van der Waals surface area (Å²) in [5.41, 5.74) is 6.11. The molecule has 4 rings (SSSR count). The van der Waals surface area contributed by atoms with E-state index in [0.29, 0.717) is 11.4 Å². The Morgan fingerprint density at radius 3 is 2.33 bits per heavy atom. The molecule has 3 aliphatic carbocycles. The van der Waals surface area contributed by atoms with Gasteiger partial charge in [-0.25, -0.2) is 0 Å². The molecule has 15 heavy (non-hydrogen) atoms. The van der Waals surface area contributed by atoms with Gasteiger partial charge in [0.05, 0.1) is 5.41 Å². The number of anilines is 1. The van der Waals surface area contributed by atoms with E-state index >= 15 is 0 Å². The summed E-state index contributed by atoms with van der Waals surface area (Å²) in [7, 11) is 0. The molecule has 0 aliphatic heterocycles. The summed E-state index contributed by atoms with van der Waals surface area (Å²) in [6.45, 7) is 0. The van der Waals surface area contributed by atoms with Gasteiger partial charge in [-0.1, -0.05) is 0 Å². The Kier molecular flexibility index (Phi) is 1.61. The maximum Gasteiger partial charge on any atom is 0.317 e. The Bertz CT molecular complexity index is 393. The standard InChI is InChI=1S/C12H13NO2/c13-9-1-3-10(4-2-9)15-11(14)12-5-8(6-12)7-12/h1-4,8H,5-7,13H2. The van der Waals surface area contributed by atoms with E-state index in [-0.39, 0.29) is 11.4 Å². The molecule has 3 aliphatic rings. The number of nitrogen functional groups attached to an aromatic ring is 1. The van der Waals surface area contributed by atoms with Gasteiger partial charge in [-0.3, -0.25) is 4.79 Å². The normalized spacial score (nSPS) is 31.3. The largest absolute Gasteiger partial charge is 0.426 e. The molecule has 0 unspecified atom stereocenters. The van der Waals surface area contributed by atoms with Gasteiger partial charge in [0, 0.05) is 5.69 Å². The Hall–Kier alpha value is -1.51. The monoisotopic (exact) mass is 203 g/mol. The molecular weight excluding hydrogens is 190 g/mol. The van der Waals surface area contributed by atoms with Gasteiger partial charge in [-0.05, 0) is 49.4 Å². The van der Waals surface area contributed by atoms with Crippen molar-refractivity contribution < 1.29 is 9.53 Å². The molecule has 3 saturated carbocycles. The summed E-state index contributed by atoms with van der Waals surface area (Å²) in [4.78, 5) is 11.8. The van der Waals surface area contributed by atoms with Crippen LogP contribution in [0.15, 0.2) is 24.3 Å². The first-order chi connectivity index (χ1) is 7.18. The van der Waals surface area contributed by atoms with E-state index in [1.54, 1.807) is 24.3 Å². The summed E-state index contributed by atoms with van der Waals surface area (Å²) in [6, 6.07) is 6.95. The van der Waals surface area contributed by atoms with Gasteiger partial charge >= 0.3 is 5.97 Å². The van der Waals surface area contributed by atoms with Gasteiger partial charge < -0.3 is 10.5 Å². The lowest BCUT2D eigenvalue weighted by atomic mass is 9.44. The highest BCUT2D eigenvalue weighted by Gasteiger charge is 2.62. The molecule has 1 aromatic rings. The van der Waals surface area contributed by atoms with Crippen LogP contribution in [0.4, 0.5) is 5.69 Å². The van der Waals surface area contributed by atoms with E-state index in [1.165, 1.54) is 0 Å². The van der Waals surface area contributed by atoms with Crippen LogP contribution in [0.25, 0.3) is 0 Å². The highest BCUT2D eigenvalue weighted by molar-refractivity contribution is 5.82. The Morgan fingerprint density at radius 2 is 1.87 bits per heavy atom. The van der Waals surface area contributed by atoms with Crippen molar-refractivity contribution >= 4 is 11.7 Å². The summed E-state index contributed by atoms with van der Waals surface area (Å²) < 4.78 is 5.32. The number of hydrogen-bond donors (Lipinski definition) is 1. The number of hydrogen-bond acceptors (Lipinski definition) is 3. The van der Waals surface area contributed by atoms with Crippen molar-refractivity contribution in [3.05, 3.63) is 24.3 Å². The SMILES string of the molecule is Nc1ccc(OC(=O)C23CC(C2)C3)cc1. The van der Waals surface area contributed by atoms with Crippen LogP contribution in [0.2, 0.25) is 0 Å². The molecule has 78 valence electrons. The summed E-state index contributed by atoms with van der Waals surface area (Å²) in [5.74, 6) is 1.33. The smallest absolute Gasteiger partial charge is 0.317 e. The number of ether oxygens (including phenoxy) is 1. The lowest BCUT2D eigenvalue weighted by Gasteiger charge is -2.59. The third-order valence-electron chi connectivity index (χ3n) is 3.56. The van der Waals surface area contributed by atoms with Gasteiger partial charge in [0.1, 0.15) is 5.75 Å². The number of esters is 1. The van der Waals surface area contributed by atoms with Gasteiger partial charge in [0.25, 0.3) is 0 Å². The first kappa shape index (κ1) is 8.77. The van der Waals surface area contributed by atoms with Gasteiger partial charge in [0.2, 0.25) is 0 Å². The van der Waals surface area contributed by atoms with Crippen LogP contribution in [0, 0.1) is 11.3 Å². The Balaban J connectivity index is 1.69. The highest BCUT2D eigenvalue weighted by Crippen LogP contribution is 2.64. The van der Waals surface area contributed by atoms with Crippen molar-refractivity contribution in [2.45, 2.75) is 19.3 Å². The molecule has 2 N–H and O–H groups in total. The molecule has 0 aromatic heterocycles. The minimum atomic E-state index is -0.119.